The Morgan fingerprint density at radius 3 is 2.32 bits per heavy atom. The van der Waals surface area contributed by atoms with E-state index in [1.165, 1.54) is 17.1 Å². The number of carbonyl (C=O) groups excluding carboxylic acids is 1. The standard InChI is InChI=1S/C21H33ClN4O3S.C2HF3O2/c1-18-6-4-5-11-24(18)14-15-25(21(27)19-7-2-3-8-20(19)22)16-17-30(28,29)26-12-9-23-10-13-26;3-2(4,5)1(6)7/h2-3,7-8,18,23H,4-6,9-17H2,1H3;(H,6,7). The first-order chi connectivity index (χ1) is 17.3. The van der Waals surface area contributed by atoms with Crippen LogP contribution in [0.25, 0.3) is 0 Å². The average molecular weight is 571 g/mol. The number of sulfonamides is 1. The maximum Gasteiger partial charge on any atom is 0.490 e. The van der Waals surface area contributed by atoms with E-state index >= 15 is 0 Å². The lowest BCUT2D eigenvalue weighted by Crippen LogP contribution is -2.49. The number of likely N-dealkylation sites (tertiary alicyclic amines) is 1. The quantitative estimate of drug-likeness (QED) is 0.494. The Hall–Kier alpha value is -1.93. The normalized spacial score (nSPS) is 19.5. The molecule has 0 bridgehead atoms. The van der Waals surface area contributed by atoms with E-state index in [1.807, 2.05) is 0 Å². The number of piperidine rings is 1. The molecule has 1 atom stereocenters. The Morgan fingerprint density at radius 1 is 1.14 bits per heavy atom. The molecule has 0 spiro atoms. The molecule has 2 heterocycles. The Kier molecular flexibility index (Phi) is 12.1. The van der Waals surface area contributed by atoms with E-state index in [9.17, 15) is 26.4 Å². The monoisotopic (exact) mass is 570 g/mol. The molecule has 0 saturated carbocycles. The summed E-state index contributed by atoms with van der Waals surface area (Å²) in [5.74, 6) is -3.04. The molecule has 1 amide bonds. The minimum atomic E-state index is -5.08. The molecule has 37 heavy (non-hydrogen) atoms. The molecule has 2 saturated heterocycles. The minimum absolute atomic E-state index is 0.0707. The van der Waals surface area contributed by atoms with Crippen molar-refractivity contribution in [3.05, 3.63) is 34.9 Å². The highest BCUT2D eigenvalue weighted by atomic mass is 35.5. The third-order valence-corrected chi connectivity index (χ3v) is 8.50. The van der Waals surface area contributed by atoms with Gasteiger partial charge in [0, 0.05) is 51.9 Å². The van der Waals surface area contributed by atoms with Gasteiger partial charge in [-0.25, -0.2) is 13.2 Å². The number of piperazine rings is 1. The summed E-state index contributed by atoms with van der Waals surface area (Å²) >= 11 is 6.26. The predicted octanol–water partition coefficient (Wildman–Crippen LogP) is 2.52. The van der Waals surface area contributed by atoms with E-state index in [-0.39, 0.29) is 18.2 Å². The summed E-state index contributed by atoms with van der Waals surface area (Å²) < 4.78 is 58.9. The van der Waals surface area contributed by atoms with Gasteiger partial charge in [-0.3, -0.25) is 9.69 Å². The molecule has 2 fully saturated rings. The van der Waals surface area contributed by atoms with Crippen LogP contribution >= 0.6 is 11.6 Å². The van der Waals surface area contributed by atoms with Gasteiger partial charge < -0.3 is 15.3 Å². The van der Waals surface area contributed by atoms with Crippen molar-refractivity contribution in [1.29, 1.82) is 0 Å². The van der Waals surface area contributed by atoms with Gasteiger partial charge in [0.1, 0.15) is 0 Å². The van der Waals surface area contributed by atoms with Crippen LogP contribution in [0.3, 0.4) is 0 Å². The summed E-state index contributed by atoms with van der Waals surface area (Å²) in [5, 5.41) is 10.7. The van der Waals surface area contributed by atoms with E-state index < -0.39 is 22.2 Å². The van der Waals surface area contributed by atoms with Crippen LogP contribution in [0.1, 0.15) is 36.5 Å². The fraction of sp³-hybridized carbons (Fsp3) is 0.652. The second kappa shape index (κ2) is 14.3. The number of benzene rings is 1. The third kappa shape index (κ3) is 10.0. The van der Waals surface area contributed by atoms with Crippen LogP contribution in [0.4, 0.5) is 13.2 Å². The Bertz CT molecular complexity index is 1010. The molecule has 9 nitrogen and oxygen atoms in total. The third-order valence-electron chi connectivity index (χ3n) is 6.32. The molecule has 14 heteroatoms. The van der Waals surface area contributed by atoms with Gasteiger partial charge in [0.05, 0.1) is 16.3 Å². The summed E-state index contributed by atoms with van der Waals surface area (Å²) in [4.78, 5) is 26.2. The number of nitrogens with zero attached hydrogens (tertiary/aromatic N) is 3. The van der Waals surface area contributed by atoms with Crippen LogP contribution in [0.5, 0.6) is 0 Å². The minimum Gasteiger partial charge on any atom is -0.475 e. The molecule has 0 aromatic heterocycles. The zero-order valence-corrected chi connectivity index (χ0v) is 22.3. The molecule has 0 aliphatic carbocycles. The number of halogens is 4. The molecule has 2 aliphatic heterocycles. The number of aliphatic carboxylic acids is 1. The number of amides is 1. The van der Waals surface area contributed by atoms with Crippen LogP contribution in [0.2, 0.25) is 5.02 Å². The Morgan fingerprint density at radius 2 is 1.76 bits per heavy atom. The van der Waals surface area contributed by atoms with Gasteiger partial charge in [-0.1, -0.05) is 30.2 Å². The molecule has 210 valence electrons. The summed E-state index contributed by atoms with van der Waals surface area (Å²) in [6.07, 6.45) is -1.52. The summed E-state index contributed by atoms with van der Waals surface area (Å²) in [5.41, 5.74) is 0.422. The highest BCUT2D eigenvalue weighted by Gasteiger charge is 2.38. The zero-order valence-electron chi connectivity index (χ0n) is 20.7. The molecule has 0 radical (unpaired) electrons. The topological polar surface area (TPSA) is 110 Å². The molecule has 3 rings (SSSR count). The van der Waals surface area contributed by atoms with Crippen LogP contribution in [0.15, 0.2) is 24.3 Å². The van der Waals surface area contributed by atoms with E-state index in [0.717, 1.165) is 19.5 Å². The van der Waals surface area contributed by atoms with Crippen molar-refractivity contribution < 1.29 is 36.3 Å². The molecule has 1 unspecified atom stereocenters. The first-order valence-electron chi connectivity index (χ1n) is 12.1. The van der Waals surface area contributed by atoms with Crippen molar-refractivity contribution in [3.63, 3.8) is 0 Å². The summed E-state index contributed by atoms with van der Waals surface area (Å²) in [6.45, 7) is 6.92. The number of alkyl halides is 3. The number of rotatable bonds is 8. The van der Waals surface area contributed by atoms with Crippen molar-refractivity contribution >= 4 is 33.5 Å². The van der Waals surface area contributed by atoms with Gasteiger partial charge in [-0.2, -0.15) is 17.5 Å². The maximum absolute atomic E-state index is 13.2. The van der Waals surface area contributed by atoms with E-state index in [0.29, 0.717) is 49.4 Å². The second-order valence-corrected chi connectivity index (χ2v) is 11.4. The highest BCUT2D eigenvalue weighted by molar-refractivity contribution is 7.89. The molecular weight excluding hydrogens is 537 g/mol. The fourth-order valence-corrected chi connectivity index (χ4v) is 5.80. The summed E-state index contributed by atoms with van der Waals surface area (Å²) in [6, 6.07) is 7.44. The largest absolute Gasteiger partial charge is 0.490 e. The lowest BCUT2D eigenvalue weighted by atomic mass is 10.0. The van der Waals surface area contributed by atoms with Crippen molar-refractivity contribution in [3.8, 4) is 0 Å². The number of hydrogen-bond donors (Lipinski definition) is 2. The van der Waals surface area contributed by atoms with Crippen LogP contribution in [-0.2, 0) is 14.8 Å². The van der Waals surface area contributed by atoms with E-state index in [2.05, 4.69) is 17.1 Å². The van der Waals surface area contributed by atoms with Gasteiger partial charge in [0.2, 0.25) is 10.0 Å². The SMILES string of the molecule is CC1CCCCN1CCN(CCS(=O)(=O)N1CCNCC1)C(=O)c1ccccc1Cl.O=C(O)C(F)(F)F. The van der Waals surface area contributed by atoms with E-state index in [4.69, 9.17) is 21.5 Å². The van der Waals surface area contributed by atoms with Gasteiger partial charge in [-0.15, -0.1) is 0 Å². The van der Waals surface area contributed by atoms with Gasteiger partial charge >= 0.3 is 12.1 Å². The average Bonchev–Trinajstić information content (AvgIpc) is 2.85. The van der Waals surface area contributed by atoms with Gasteiger partial charge in [-0.05, 0) is 38.4 Å². The second-order valence-electron chi connectivity index (χ2n) is 8.92. The first kappa shape index (κ1) is 31.3. The highest BCUT2D eigenvalue weighted by Crippen LogP contribution is 2.19. The maximum atomic E-state index is 13.2. The number of carbonyl (C=O) groups is 2. The first-order valence-corrected chi connectivity index (χ1v) is 14.1. The number of hydrogen-bond acceptors (Lipinski definition) is 6. The van der Waals surface area contributed by atoms with Crippen LogP contribution in [0, 0.1) is 0 Å². The number of carboxylic acid groups (broad SMARTS) is 1. The van der Waals surface area contributed by atoms with Gasteiger partial charge in [0.15, 0.2) is 0 Å². The van der Waals surface area contributed by atoms with Gasteiger partial charge in [0.25, 0.3) is 5.91 Å². The fourth-order valence-electron chi connectivity index (χ4n) is 4.14. The smallest absolute Gasteiger partial charge is 0.475 e. The Labute approximate surface area is 220 Å². The lowest BCUT2D eigenvalue weighted by Gasteiger charge is -2.35. The molecule has 1 aromatic rings. The zero-order chi connectivity index (χ0) is 27.6. The number of nitrogens with one attached hydrogen (secondary N) is 1. The molecule has 2 aliphatic rings. The predicted molar refractivity (Wildman–Crippen MR) is 134 cm³/mol. The van der Waals surface area contributed by atoms with Crippen LogP contribution in [-0.4, -0.2) is 110 Å². The van der Waals surface area contributed by atoms with Crippen molar-refractivity contribution in [2.75, 3.05) is 58.1 Å². The van der Waals surface area contributed by atoms with E-state index in [1.54, 1.807) is 29.2 Å². The molecule has 1 aromatic carbocycles. The number of carboxylic acids is 1. The lowest BCUT2D eigenvalue weighted by molar-refractivity contribution is -0.192. The molecular formula is C23H34ClF3N4O5S. The van der Waals surface area contributed by atoms with Crippen molar-refractivity contribution in [1.82, 2.24) is 19.4 Å². The molecule has 2 N–H and O–H groups in total. The Balaban J connectivity index is 0.000000604. The van der Waals surface area contributed by atoms with Crippen LogP contribution < -0.4 is 5.32 Å². The summed E-state index contributed by atoms with van der Waals surface area (Å²) in [7, 11) is -3.41. The van der Waals surface area contributed by atoms with Crippen molar-refractivity contribution in [2.24, 2.45) is 0 Å². The van der Waals surface area contributed by atoms with Crippen molar-refractivity contribution in [2.45, 2.75) is 38.4 Å².